The van der Waals surface area contributed by atoms with Crippen molar-refractivity contribution in [2.45, 2.75) is 70.8 Å². The average Bonchev–Trinajstić information content (AvgIpc) is 2.95. The Morgan fingerprint density at radius 2 is 1.33 bits per heavy atom. The van der Waals surface area contributed by atoms with E-state index in [9.17, 15) is 9.90 Å². The second kappa shape index (κ2) is 14.9. The summed E-state index contributed by atoms with van der Waals surface area (Å²) in [6.07, 6.45) is -2.84. The van der Waals surface area contributed by atoms with Crippen LogP contribution in [0.15, 0.2) is 91.0 Å². The topological polar surface area (TPSA) is 83.5 Å². The van der Waals surface area contributed by atoms with E-state index in [0.717, 1.165) is 16.7 Å². The van der Waals surface area contributed by atoms with E-state index in [2.05, 4.69) is 0 Å². The largest absolute Gasteiger partial charge is 0.479 e. The Morgan fingerprint density at radius 3 is 1.85 bits per heavy atom. The van der Waals surface area contributed by atoms with E-state index in [4.69, 9.17) is 23.7 Å². The standard InChI is InChI=1S/C32H38O7/c1-23(2)30(32(33)34)39-29-18-27(36-20-25-14-8-4-9-15-25)31(37-21-26-16-10-5-11-17-26)28(38-29)22-35-19-24-12-6-3-7-13-24/h3-17,23,27-31H,18-22H2,1-2H3,(H,33,34)/t27-,28-,29-,30+,31+/m1/s1. The second-order valence-electron chi connectivity index (χ2n) is 10.1. The number of carboxylic acids is 1. The van der Waals surface area contributed by atoms with Crippen LogP contribution in [0.2, 0.25) is 0 Å². The van der Waals surface area contributed by atoms with Crippen molar-refractivity contribution in [3.63, 3.8) is 0 Å². The molecule has 1 saturated heterocycles. The Hall–Kier alpha value is -3.07. The molecule has 7 nitrogen and oxygen atoms in total. The molecule has 39 heavy (non-hydrogen) atoms. The third-order valence-electron chi connectivity index (χ3n) is 6.62. The molecule has 1 aliphatic heterocycles. The third kappa shape index (κ3) is 8.98. The summed E-state index contributed by atoms with van der Waals surface area (Å²) >= 11 is 0. The van der Waals surface area contributed by atoms with E-state index >= 15 is 0 Å². The molecule has 1 fully saturated rings. The molecule has 0 bridgehead atoms. The molecule has 3 aromatic rings. The molecular formula is C32H38O7. The van der Waals surface area contributed by atoms with Gasteiger partial charge in [-0.15, -0.1) is 0 Å². The van der Waals surface area contributed by atoms with Crippen LogP contribution in [0.5, 0.6) is 0 Å². The Balaban J connectivity index is 1.53. The first-order valence-electron chi connectivity index (χ1n) is 13.5. The van der Waals surface area contributed by atoms with Gasteiger partial charge < -0.3 is 28.8 Å². The maximum Gasteiger partial charge on any atom is 0.333 e. The van der Waals surface area contributed by atoms with Crippen molar-refractivity contribution in [3.8, 4) is 0 Å². The van der Waals surface area contributed by atoms with Gasteiger partial charge in [-0.3, -0.25) is 0 Å². The fraction of sp³-hybridized carbons (Fsp3) is 0.406. The number of hydrogen-bond acceptors (Lipinski definition) is 6. The van der Waals surface area contributed by atoms with Gasteiger partial charge in [-0.25, -0.2) is 4.79 Å². The number of rotatable bonds is 14. The van der Waals surface area contributed by atoms with Crippen LogP contribution in [0.1, 0.15) is 37.0 Å². The number of carboxylic acid groups (broad SMARTS) is 1. The molecular weight excluding hydrogens is 496 g/mol. The summed E-state index contributed by atoms with van der Waals surface area (Å²) < 4.78 is 31.2. The highest BCUT2D eigenvalue weighted by atomic mass is 16.7. The van der Waals surface area contributed by atoms with Crippen LogP contribution < -0.4 is 0 Å². The maximum absolute atomic E-state index is 11.9. The fourth-order valence-corrected chi connectivity index (χ4v) is 4.57. The van der Waals surface area contributed by atoms with Crippen molar-refractivity contribution in [3.05, 3.63) is 108 Å². The van der Waals surface area contributed by atoms with Gasteiger partial charge in [0.05, 0.1) is 32.5 Å². The van der Waals surface area contributed by atoms with E-state index in [1.165, 1.54) is 0 Å². The second-order valence-corrected chi connectivity index (χ2v) is 10.1. The summed E-state index contributed by atoms with van der Waals surface area (Å²) in [4.78, 5) is 11.9. The predicted molar refractivity (Wildman–Crippen MR) is 147 cm³/mol. The number of ether oxygens (including phenoxy) is 5. The number of benzene rings is 3. The molecule has 0 radical (unpaired) electrons. The zero-order valence-electron chi connectivity index (χ0n) is 22.6. The van der Waals surface area contributed by atoms with Crippen molar-refractivity contribution in [1.29, 1.82) is 0 Å². The van der Waals surface area contributed by atoms with E-state index in [1.807, 2.05) is 105 Å². The van der Waals surface area contributed by atoms with Gasteiger partial charge >= 0.3 is 5.97 Å². The van der Waals surface area contributed by atoms with Gasteiger partial charge in [-0.2, -0.15) is 0 Å². The molecule has 7 heteroatoms. The summed E-state index contributed by atoms with van der Waals surface area (Å²) in [6.45, 7) is 5.04. The van der Waals surface area contributed by atoms with E-state index in [1.54, 1.807) is 0 Å². The predicted octanol–water partition coefficient (Wildman–Crippen LogP) is 5.61. The molecule has 3 aromatic carbocycles. The summed E-state index contributed by atoms with van der Waals surface area (Å²) in [6, 6.07) is 29.8. The molecule has 0 saturated carbocycles. The van der Waals surface area contributed by atoms with Gasteiger partial charge in [0.1, 0.15) is 12.2 Å². The molecule has 0 amide bonds. The van der Waals surface area contributed by atoms with Crippen LogP contribution in [0.3, 0.4) is 0 Å². The molecule has 0 aromatic heterocycles. The van der Waals surface area contributed by atoms with Crippen molar-refractivity contribution in [2.24, 2.45) is 5.92 Å². The minimum Gasteiger partial charge on any atom is -0.479 e. The Morgan fingerprint density at radius 1 is 0.821 bits per heavy atom. The Kier molecular flexibility index (Phi) is 11.1. The summed E-state index contributed by atoms with van der Waals surface area (Å²) in [5.74, 6) is -1.25. The lowest BCUT2D eigenvalue weighted by Gasteiger charge is -2.42. The molecule has 1 aliphatic rings. The maximum atomic E-state index is 11.9. The van der Waals surface area contributed by atoms with E-state index < -0.39 is 36.7 Å². The van der Waals surface area contributed by atoms with Crippen molar-refractivity contribution < 1.29 is 33.6 Å². The zero-order chi connectivity index (χ0) is 27.5. The van der Waals surface area contributed by atoms with Gasteiger partial charge in [0.15, 0.2) is 12.4 Å². The molecule has 0 unspecified atom stereocenters. The van der Waals surface area contributed by atoms with E-state index in [-0.39, 0.29) is 12.5 Å². The van der Waals surface area contributed by atoms with Crippen LogP contribution >= 0.6 is 0 Å². The smallest absolute Gasteiger partial charge is 0.333 e. The van der Waals surface area contributed by atoms with Gasteiger partial charge in [0.2, 0.25) is 0 Å². The van der Waals surface area contributed by atoms with Gasteiger partial charge in [-0.05, 0) is 22.6 Å². The zero-order valence-corrected chi connectivity index (χ0v) is 22.6. The first kappa shape index (κ1) is 28.9. The van der Waals surface area contributed by atoms with Crippen molar-refractivity contribution >= 4 is 5.97 Å². The summed E-state index contributed by atoms with van der Waals surface area (Å²) in [5, 5.41) is 9.73. The van der Waals surface area contributed by atoms with Crippen LogP contribution in [0, 0.1) is 5.92 Å². The first-order chi connectivity index (χ1) is 19.0. The van der Waals surface area contributed by atoms with Crippen LogP contribution in [-0.4, -0.2) is 48.4 Å². The van der Waals surface area contributed by atoms with Gasteiger partial charge in [-0.1, -0.05) is 105 Å². The number of aliphatic carboxylic acids is 1. The highest BCUT2D eigenvalue weighted by Crippen LogP contribution is 2.30. The monoisotopic (exact) mass is 534 g/mol. The van der Waals surface area contributed by atoms with Gasteiger partial charge in [0.25, 0.3) is 0 Å². The molecule has 5 atom stereocenters. The quantitative estimate of drug-likeness (QED) is 0.288. The highest BCUT2D eigenvalue weighted by Gasteiger charge is 2.42. The van der Waals surface area contributed by atoms with Crippen molar-refractivity contribution in [2.75, 3.05) is 6.61 Å². The molecule has 1 N–H and O–H groups in total. The molecule has 4 rings (SSSR count). The lowest BCUT2D eigenvalue weighted by molar-refractivity contribution is -0.290. The normalized spacial score (nSPS) is 22.0. The first-order valence-corrected chi connectivity index (χ1v) is 13.5. The van der Waals surface area contributed by atoms with Crippen LogP contribution in [0.4, 0.5) is 0 Å². The fourth-order valence-electron chi connectivity index (χ4n) is 4.57. The van der Waals surface area contributed by atoms with Crippen LogP contribution in [-0.2, 0) is 48.3 Å². The lowest BCUT2D eigenvalue weighted by Crippen LogP contribution is -2.54. The SMILES string of the molecule is CC(C)[C@H](O[C@@H]1C[C@@H](OCc2ccccc2)[C@H](OCc2ccccc2)[C@@H](COCc2ccccc2)O1)C(=O)O. The Bertz CT molecular complexity index is 1110. The van der Waals surface area contributed by atoms with Crippen molar-refractivity contribution in [1.82, 2.24) is 0 Å². The molecule has 0 aliphatic carbocycles. The highest BCUT2D eigenvalue weighted by molar-refractivity contribution is 5.72. The average molecular weight is 535 g/mol. The van der Waals surface area contributed by atoms with Gasteiger partial charge in [0, 0.05) is 6.42 Å². The number of hydrogen-bond donors (Lipinski definition) is 1. The number of carbonyl (C=O) groups is 1. The summed E-state index contributed by atoms with van der Waals surface area (Å²) in [7, 11) is 0. The minimum atomic E-state index is -1.02. The molecule has 0 spiro atoms. The minimum absolute atomic E-state index is 0.227. The summed E-state index contributed by atoms with van der Waals surface area (Å²) in [5.41, 5.74) is 3.11. The van der Waals surface area contributed by atoms with E-state index in [0.29, 0.717) is 26.2 Å². The molecule has 1 heterocycles. The molecule has 208 valence electrons. The third-order valence-corrected chi connectivity index (χ3v) is 6.62. The van der Waals surface area contributed by atoms with Crippen LogP contribution in [0.25, 0.3) is 0 Å². The Labute approximate surface area is 230 Å². The lowest BCUT2D eigenvalue weighted by atomic mass is 10.00.